The third-order valence-corrected chi connectivity index (χ3v) is 2.24. The van der Waals surface area contributed by atoms with E-state index in [2.05, 4.69) is 10.5 Å². The number of amides is 1. The number of rotatable bonds is 4. The summed E-state index contributed by atoms with van der Waals surface area (Å²) in [5.74, 6) is 1.23. The first-order valence-electron chi connectivity index (χ1n) is 5.19. The zero-order chi connectivity index (χ0) is 11.4. The van der Waals surface area contributed by atoms with Gasteiger partial charge in [0.05, 0.1) is 5.69 Å². The Balaban J connectivity index is 2.47. The molecule has 1 N–H and O–H groups in total. The number of aryl methyl sites for hydroxylation is 2. The first kappa shape index (κ1) is 11.8. The summed E-state index contributed by atoms with van der Waals surface area (Å²) in [6.45, 7) is 8.28. The van der Waals surface area contributed by atoms with E-state index in [-0.39, 0.29) is 5.91 Å². The van der Waals surface area contributed by atoms with E-state index in [1.165, 1.54) is 0 Å². The molecule has 4 heteroatoms. The number of nitrogens with one attached hydrogen (secondary N) is 1. The van der Waals surface area contributed by atoms with Gasteiger partial charge in [-0.15, -0.1) is 0 Å². The van der Waals surface area contributed by atoms with Gasteiger partial charge in [0.1, 0.15) is 5.76 Å². The summed E-state index contributed by atoms with van der Waals surface area (Å²) in [5, 5.41) is 6.69. The van der Waals surface area contributed by atoms with Crippen LogP contribution >= 0.6 is 0 Å². The molecule has 1 aromatic rings. The van der Waals surface area contributed by atoms with Gasteiger partial charge in [-0.25, -0.2) is 0 Å². The molecule has 0 unspecified atom stereocenters. The fraction of sp³-hybridized carbons (Fsp3) is 0.636. The largest absolute Gasteiger partial charge is 0.361 e. The summed E-state index contributed by atoms with van der Waals surface area (Å²) in [7, 11) is 0. The van der Waals surface area contributed by atoms with Gasteiger partial charge in [0.15, 0.2) is 0 Å². The molecule has 0 fully saturated rings. The van der Waals surface area contributed by atoms with Crippen LogP contribution in [0, 0.1) is 19.8 Å². The van der Waals surface area contributed by atoms with Crippen LogP contribution in [-0.4, -0.2) is 11.1 Å². The van der Waals surface area contributed by atoms with E-state index in [1.54, 1.807) is 0 Å². The Bertz CT molecular complexity index is 323. The second-order valence-corrected chi connectivity index (χ2v) is 4.18. The maximum Gasteiger partial charge on any atom is 0.220 e. The predicted octanol–water partition coefficient (Wildman–Crippen LogP) is 1.95. The molecule has 0 aliphatic carbocycles. The number of carbonyl (C=O) groups excluding carboxylic acids is 1. The molecule has 0 bridgehead atoms. The highest BCUT2D eigenvalue weighted by molar-refractivity contribution is 5.76. The van der Waals surface area contributed by atoms with Gasteiger partial charge in [0.2, 0.25) is 5.91 Å². The molecular weight excluding hydrogens is 192 g/mol. The van der Waals surface area contributed by atoms with Crippen molar-refractivity contribution in [2.45, 2.75) is 40.7 Å². The normalized spacial score (nSPS) is 10.7. The number of hydrogen-bond acceptors (Lipinski definition) is 3. The molecule has 0 radical (unpaired) electrons. The Kier molecular flexibility index (Phi) is 3.88. The maximum absolute atomic E-state index is 11.4. The van der Waals surface area contributed by atoms with Crippen molar-refractivity contribution >= 4 is 5.91 Å². The Hall–Kier alpha value is -1.32. The van der Waals surface area contributed by atoms with E-state index < -0.39 is 0 Å². The number of carbonyl (C=O) groups is 1. The molecule has 0 saturated carbocycles. The predicted molar refractivity (Wildman–Crippen MR) is 57.3 cm³/mol. The zero-order valence-corrected chi connectivity index (χ0v) is 9.76. The van der Waals surface area contributed by atoms with E-state index in [9.17, 15) is 4.79 Å². The first-order chi connectivity index (χ1) is 7.00. The van der Waals surface area contributed by atoms with Gasteiger partial charge < -0.3 is 9.84 Å². The van der Waals surface area contributed by atoms with Crippen LogP contribution in [0.1, 0.15) is 37.3 Å². The molecule has 0 aliphatic heterocycles. The van der Waals surface area contributed by atoms with Crippen molar-refractivity contribution in [1.29, 1.82) is 0 Å². The van der Waals surface area contributed by atoms with E-state index >= 15 is 0 Å². The highest BCUT2D eigenvalue weighted by atomic mass is 16.5. The lowest BCUT2D eigenvalue weighted by molar-refractivity contribution is -0.121. The van der Waals surface area contributed by atoms with Crippen LogP contribution in [-0.2, 0) is 11.3 Å². The van der Waals surface area contributed by atoms with E-state index in [1.807, 2.05) is 27.7 Å². The molecule has 84 valence electrons. The molecule has 0 atom stereocenters. The molecule has 4 nitrogen and oxygen atoms in total. The number of hydrogen-bond donors (Lipinski definition) is 1. The third kappa shape index (κ3) is 3.38. The summed E-state index contributed by atoms with van der Waals surface area (Å²) in [6, 6.07) is 0. The lowest BCUT2D eigenvalue weighted by atomic mass is 10.1. The topological polar surface area (TPSA) is 55.1 Å². The van der Waals surface area contributed by atoms with E-state index in [0.29, 0.717) is 18.9 Å². The van der Waals surface area contributed by atoms with Crippen molar-refractivity contribution < 1.29 is 9.32 Å². The second kappa shape index (κ2) is 4.96. The summed E-state index contributed by atoms with van der Waals surface area (Å²) in [4.78, 5) is 11.4. The Morgan fingerprint density at radius 2 is 2.13 bits per heavy atom. The molecule has 1 aromatic heterocycles. The minimum atomic E-state index is 0.0741. The average Bonchev–Trinajstić information content (AvgIpc) is 2.42. The van der Waals surface area contributed by atoms with Gasteiger partial charge in [0.25, 0.3) is 0 Å². The van der Waals surface area contributed by atoms with Crippen LogP contribution in [0.25, 0.3) is 0 Å². The van der Waals surface area contributed by atoms with Gasteiger partial charge in [-0.05, 0) is 19.8 Å². The van der Waals surface area contributed by atoms with Crippen molar-refractivity contribution in [2.24, 2.45) is 5.92 Å². The number of aromatic nitrogens is 1. The van der Waals surface area contributed by atoms with Crippen LogP contribution in [0.3, 0.4) is 0 Å². The van der Waals surface area contributed by atoms with Crippen LogP contribution in [0.5, 0.6) is 0 Å². The Morgan fingerprint density at radius 3 is 2.60 bits per heavy atom. The zero-order valence-electron chi connectivity index (χ0n) is 9.76. The van der Waals surface area contributed by atoms with Crippen molar-refractivity contribution in [2.75, 3.05) is 0 Å². The standard InChI is InChI=1S/C11H18N2O2/c1-7(2)5-11(14)12-6-10-8(3)13-15-9(10)4/h7H,5-6H2,1-4H3,(H,12,14). The highest BCUT2D eigenvalue weighted by Crippen LogP contribution is 2.11. The molecule has 0 aromatic carbocycles. The lowest BCUT2D eigenvalue weighted by Gasteiger charge is -2.06. The van der Waals surface area contributed by atoms with Gasteiger partial charge in [-0.3, -0.25) is 4.79 Å². The molecule has 1 heterocycles. The van der Waals surface area contributed by atoms with Crippen molar-refractivity contribution in [3.05, 3.63) is 17.0 Å². The number of nitrogens with zero attached hydrogens (tertiary/aromatic N) is 1. The minimum Gasteiger partial charge on any atom is -0.361 e. The molecular formula is C11H18N2O2. The molecule has 0 spiro atoms. The highest BCUT2D eigenvalue weighted by Gasteiger charge is 2.10. The molecule has 0 saturated heterocycles. The van der Waals surface area contributed by atoms with Gasteiger partial charge in [-0.1, -0.05) is 19.0 Å². The van der Waals surface area contributed by atoms with Crippen LogP contribution < -0.4 is 5.32 Å². The summed E-state index contributed by atoms with van der Waals surface area (Å²) in [6.07, 6.45) is 0.559. The van der Waals surface area contributed by atoms with Crippen molar-refractivity contribution in [3.63, 3.8) is 0 Å². The van der Waals surface area contributed by atoms with Crippen LogP contribution in [0.15, 0.2) is 4.52 Å². The fourth-order valence-electron chi connectivity index (χ4n) is 1.38. The summed E-state index contributed by atoms with van der Waals surface area (Å²) >= 11 is 0. The van der Waals surface area contributed by atoms with Crippen LogP contribution in [0.4, 0.5) is 0 Å². The second-order valence-electron chi connectivity index (χ2n) is 4.18. The van der Waals surface area contributed by atoms with Gasteiger partial charge in [0, 0.05) is 18.5 Å². The minimum absolute atomic E-state index is 0.0741. The van der Waals surface area contributed by atoms with E-state index in [4.69, 9.17) is 4.52 Å². The van der Waals surface area contributed by atoms with Crippen LogP contribution in [0.2, 0.25) is 0 Å². The quantitative estimate of drug-likeness (QED) is 0.826. The van der Waals surface area contributed by atoms with Crippen molar-refractivity contribution in [3.8, 4) is 0 Å². The molecule has 1 amide bonds. The Morgan fingerprint density at radius 1 is 1.47 bits per heavy atom. The monoisotopic (exact) mass is 210 g/mol. The Labute approximate surface area is 90.0 Å². The summed E-state index contributed by atoms with van der Waals surface area (Å²) < 4.78 is 5.01. The fourth-order valence-corrected chi connectivity index (χ4v) is 1.38. The molecule has 0 aliphatic rings. The first-order valence-corrected chi connectivity index (χ1v) is 5.19. The van der Waals surface area contributed by atoms with Gasteiger partial charge >= 0.3 is 0 Å². The third-order valence-electron chi connectivity index (χ3n) is 2.24. The molecule has 1 rings (SSSR count). The SMILES string of the molecule is Cc1noc(C)c1CNC(=O)CC(C)C. The maximum atomic E-state index is 11.4. The molecule has 15 heavy (non-hydrogen) atoms. The van der Waals surface area contributed by atoms with Gasteiger partial charge in [-0.2, -0.15) is 0 Å². The lowest BCUT2D eigenvalue weighted by Crippen LogP contribution is -2.24. The van der Waals surface area contributed by atoms with E-state index in [0.717, 1.165) is 17.0 Å². The van der Waals surface area contributed by atoms with Crippen molar-refractivity contribution in [1.82, 2.24) is 10.5 Å². The average molecular weight is 210 g/mol. The summed E-state index contributed by atoms with van der Waals surface area (Å²) in [5.41, 5.74) is 1.82. The smallest absolute Gasteiger partial charge is 0.220 e.